The number of halogens is 1. The van der Waals surface area contributed by atoms with Gasteiger partial charge in [0, 0.05) is 51.8 Å². The average Bonchev–Trinajstić information content (AvgIpc) is 3.28. The summed E-state index contributed by atoms with van der Waals surface area (Å²) in [4.78, 5) is 43.4. The van der Waals surface area contributed by atoms with Crippen LogP contribution in [-0.2, 0) is 16.6 Å². The van der Waals surface area contributed by atoms with Gasteiger partial charge in [0.2, 0.25) is 0 Å². The summed E-state index contributed by atoms with van der Waals surface area (Å²) in [5.41, 5.74) is 1.33. The Morgan fingerprint density at radius 1 is 1.02 bits per heavy atom. The highest BCUT2D eigenvalue weighted by Crippen LogP contribution is 2.36. The standard InChI is InChI=1S/C33H40FN5O4S2/c1-23-24(21-28-32(43)39(33(44)45-28)16-12-8-6-4-3-5-7-9-15-29(40)41)30(36(2)31(42)25(23)22-35)38-19-17-37(18-20-38)27-14-11-10-13-26(27)34/h10-11,13-14,21H,3-9,12,15-20H2,1-2H3,(H,40,41)/b28-21+. The molecule has 1 aromatic carbocycles. The number of para-hydroxylation sites is 1. The maximum absolute atomic E-state index is 14.4. The molecule has 1 amide bonds. The maximum atomic E-state index is 14.4. The number of benzene rings is 1. The Kier molecular flexibility index (Phi) is 12.2. The normalized spacial score (nSPS) is 16.1. The molecule has 240 valence electrons. The van der Waals surface area contributed by atoms with Gasteiger partial charge in [-0.3, -0.25) is 23.9 Å². The predicted octanol–water partition coefficient (Wildman–Crippen LogP) is 5.83. The summed E-state index contributed by atoms with van der Waals surface area (Å²) in [6, 6.07) is 8.72. The first-order valence-corrected chi connectivity index (χ1v) is 16.7. The molecular weight excluding hydrogens is 614 g/mol. The second-order valence-electron chi connectivity index (χ2n) is 11.4. The molecule has 9 nitrogen and oxygen atoms in total. The molecule has 0 atom stereocenters. The zero-order chi connectivity index (χ0) is 32.5. The van der Waals surface area contributed by atoms with Crippen LogP contribution >= 0.6 is 24.0 Å². The third-order valence-electron chi connectivity index (χ3n) is 8.41. The number of pyridine rings is 1. The molecule has 2 aliphatic heterocycles. The number of piperazine rings is 1. The largest absolute Gasteiger partial charge is 0.481 e. The Labute approximate surface area is 273 Å². The molecule has 2 saturated heterocycles. The highest BCUT2D eigenvalue weighted by molar-refractivity contribution is 8.26. The van der Waals surface area contributed by atoms with Crippen LogP contribution in [0.1, 0.15) is 74.5 Å². The molecule has 2 aromatic rings. The van der Waals surface area contributed by atoms with E-state index in [1.807, 2.05) is 17.0 Å². The van der Waals surface area contributed by atoms with Crippen LogP contribution in [0.3, 0.4) is 0 Å². The van der Waals surface area contributed by atoms with Crippen molar-refractivity contribution in [3.8, 4) is 6.07 Å². The van der Waals surface area contributed by atoms with E-state index in [0.717, 1.165) is 51.4 Å². The van der Waals surface area contributed by atoms with Crippen LogP contribution in [-0.4, -0.2) is 63.5 Å². The number of nitrogens with zero attached hydrogens (tertiary/aromatic N) is 5. The second-order valence-corrected chi connectivity index (χ2v) is 13.1. The first kappa shape index (κ1) is 34.2. The molecule has 1 aromatic heterocycles. The number of anilines is 2. The van der Waals surface area contributed by atoms with Crippen molar-refractivity contribution in [1.29, 1.82) is 5.26 Å². The Hall–Kier alpha value is -3.69. The van der Waals surface area contributed by atoms with E-state index in [-0.39, 0.29) is 23.7 Å². The van der Waals surface area contributed by atoms with Crippen LogP contribution in [0, 0.1) is 24.1 Å². The van der Waals surface area contributed by atoms with Gasteiger partial charge in [-0.05, 0) is 43.5 Å². The van der Waals surface area contributed by atoms with E-state index in [0.29, 0.717) is 64.6 Å². The van der Waals surface area contributed by atoms with Gasteiger partial charge in [-0.25, -0.2) is 4.39 Å². The zero-order valence-electron chi connectivity index (χ0n) is 25.9. The van der Waals surface area contributed by atoms with Crippen molar-refractivity contribution in [1.82, 2.24) is 9.47 Å². The molecule has 1 N–H and O–H groups in total. The minimum Gasteiger partial charge on any atom is -0.481 e. The lowest BCUT2D eigenvalue weighted by Crippen LogP contribution is -2.48. The van der Waals surface area contributed by atoms with Crippen molar-refractivity contribution in [2.75, 3.05) is 42.5 Å². The molecule has 3 heterocycles. The van der Waals surface area contributed by atoms with Crippen molar-refractivity contribution in [3.63, 3.8) is 0 Å². The molecule has 0 spiro atoms. The number of carbonyl (C=O) groups excluding carboxylic acids is 1. The van der Waals surface area contributed by atoms with E-state index in [4.69, 9.17) is 17.3 Å². The molecule has 0 unspecified atom stereocenters. The summed E-state index contributed by atoms with van der Waals surface area (Å²) in [7, 11) is 1.64. The molecule has 2 fully saturated rings. The lowest BCUT2D eigenvalue weighted by molar-refractivity contribution is -0.137. The SMILES string of the molecule is Cc1c(/C=C2/SC(=S)N(CCCCCCCCCCC(=O)O)C2=O)c(N2CCN(c3ccccc3F)CC2)n(C)c(=O)c1C#N. The third-order valence-corrected chi connectivity index (χ3v) is 9.79. The van der Waals surface area contributed by atoms with Crippen LogP contribution in [0.4, 0.5) is 15.9 Å². The molecule has 2 aliphatic rings. The summed E-state index contributed by atoms with van der Waals surface area (Å²) in [5.74, 6) is -0.572. The number of aromatic nitrogens is 1. The molecule has 45 heavy (non-hydrogen) atoms. The number of hydrogen-bond acceptors (Lipinski definition) is 8. The molecule has 12 heteroatoms. The number of amides is 1. The van der Waals surface area contributed by atoms with Crippen molar-refractivity contribution >= 4 is 57.8 Å². The molecular formula is C33H40FN5O4S2. The van der Waals surface area contributed by atoms with Crippen LogP contribution in [0.25, 0.3) is 6.08 Å². The monoisotopic (exact) mass is 653 g/mol. The smallest absolute Gasteiger partial charge is 0.303 e. The number of aliphatic carboxylic acids is 1. The Balaban J connectivity index is 1.43. The van der Waals surface area contributed by atoms with Gasteiger partial charge in [-0.2, -0.15) is 5.26 Å². The highest BCUT2D eigenvalue weighted by Gasteiger charge is 2.33. The van der Waals surface area contributed by atoms with E-state index in [2.05, 4.69) is 4.90 Å². The van der Waals surface area contributed by atoms with Crippen molar-refractivity contribution in [2.45, 2.75) is 64.7 Å². The number of carbonyl (C=O) groups is 2. The Bertz CT molecular complexity index is 1560. The summed E-state index contributed by atoms with van der Waals surface area (Å²) < 4.78 is 16.4. The van der Waals surface area contributed by atoms with E-state index >= 15 is 0 Å². The van der Waals surface area contributed by atoms with E-state index < -0.39 is 11.5 Å². The number of hydrogen-bond donors (Lipinski definition) is 1. The van der Waals surface area contributed by atoms with Crippen molar-refractivity contribution in [2.24, 2.45) is 7.05 Å². The van der Waals surface area contributed by atoms with Crippen molar-refractivity contribution < 1.29 is 19.1 Å². The first-order chi connectivity index (χ1) is 21.6. The predicted molar refractivity (Wildman–Crippen MR) is 181 cm³/mol. The first-order valence-electron chi connectivity index (χ1n) is 15.5. The van der Waals surface area contributed by atoms with Gasteiger partial charge in [0.25, 0.3) is 11.5 Å². The Morgan fingerprint density at radius 2 is 1.62 bits per heavy atom. The quantitative estimate of drug-likeness (QED) is 0.153. The van der Waals surface area contributed by atoms with Gasteiger partial charge in [0.15, 0.2) is 0 Å². The fourth-order valence-electron chi connectivity index (χ4n) is 5.89. The molecule has 0 saturated carbocycles. The summed E-state index contributed by atoms with van der Waals surface area (Å²) in [5, 5.41) is 18.5. The van der Waals surface area contributed by atoms with E-state index in [1.165, 1.54) is 22.4 Å². The fraction of sp³-hybridized carbons (Fsp3) is 0.485. The summed E-state index contributed by atoms with van der Waals surface area (Å²) in [6.45, 7) is 4.40. The van der Waals surface area contributed by atoms with Gasteiger partial charge >= 0.3 is 5.97 Å². The molecule has 0 radical (unpaired) electrons. The Morgan fingerprint density at radius 3 is 2.24 bits per heavy atom. The number of thiocarbonyl (C=S) groups is 1. The summed E-state index contributed by atoms with van der Waals surface area (Å²) in [6.07, 6.45) is 9.69. The number of nitriles is 1. The average molecular weight is 654 g/mol. The lowest BCUT2D eigenvalue weighted by atomic mass is 10.0. The number of thioether (sulfide) groups is 1. The molecule has 0 aliphatic carbocycles. The van der Waals surface area contributed by atoms with Gasteiger partial charge in [0.05, 0.1) is 10.6 Å². The van der Waals surface area contributed by atoms with Crippen LogP contribution in [0.5, 0.6) is 0 Å². The van der Waals surface area contributed by atoms with Gasteiger partial charge in [-0.15, -0.1) is 0 Å². The lowest BCUT2D eigenvalue weighted by Gasteiger charge is -2.38. The maximum Gasteiger partial charge on any atom is 0.303 e. The van der Waals surface area contributed by atoms with Crippen molar-refractivity contribution in [3.05, 3.63) is 62.0 Å². The number of unbranched alkanes of at least 4 members (excludes halogenated alkanes) is 7. The summed E-state index contributed by atoms with van der Waals surface area (Å²) >= 11 is 6.81. The molecule has 4 rings (SSSR count). The fourth-order valence-corrected chi connectivity index (χ4v) is 7.18. The minimum absolute atomic E-state index is 0.0369. The number of carboxylic acid groups (broad SMARTS) is 1. The van der Waals surface area contributed by atoms with Gasteiger partial charge < -0.3 is 14.9 Å². The van der Waals surface area contributed by atoms with Crippen LogP contribution in [0.15, 0.2) is 34.0 Å². The number of carboxylic acids is 1. The van der Waals surface area contributed by atoms with Gasteiger partial charge in [-0.1, -0.05) is 74.6 Å². The minimum atomic E-state index is -0.742. The zero-order valence-corrected chi connectivity index (χ0v) is 27.5. The number of rotatable bonds is 14. The molecule has 0 bridgehead atoms. The van der Waals surface area contributed by atoms with Gasteiger partial charge in [0.1, 0.15) is 27.6 Å². The van der Waals surface area contributed by atoms with E-state index in [9.17, 15) is 24.0 Å². The second kappa shape index (κ2) is 16.0. The highest BCUT2D eigenvalue weighted by atomic mass is 32.2. The topological polar surface area (TPSA) is 110 Å². The van der Waals surface area contributed by atoms with Crippen LogP contribution < -0.4 is 15.4 Å². The third kappa shape index (κ3) is 8.32. The van der Waals surface area contributed by atoms with Crippen LogP contribution in [0.2, 0.25) is 0 Å². The van der Waals surface area contributed by atoms with E-state index in [1.54, 1.807) is 37.1 Å².